The number of hydrogen-bond donors (Lipinski definition) is 1. The molecular weight excluding hydrogens is 262 g/mol. The van der Waals surface area contributed by atoms with Crippen LogP contribution < -0.4 is 5.32 Å². The number of aryl methyl sites for hydroxylation is 1. The highest BCUT2D eigenvalue weighted by molar-refractivity contribution is 7.98. The van der Waals surface area contributed by atoms with E-state index in [9.17, 15) is 0 Å². The predicted molar refractivity (Wildman–Crippen MR) is 89.3 cm³/mol. The van der Waals surface area contributed by atoms with E-state index in [0.717, 1.165) is 12.2 Å². The first kappa shape index (κ1) is 15.1. The maximum Gasteiger partial charge on any atom is 0.0314 e. The summed E-state index contributed by atoms with van der Waals surface area (Å²) in [5.74, 6) is 1.03. The van der Waals surface area contributed by atoms with Gasteiger partial charge >= 0.3 is 0 Å². The fourth-order valence-electron chi connectivity index (χ4n) is 2.37. The Morgan fingerprint density at radius 1 is 1.10 bits per heavy atom. The molecule has 0 bridgehead atoms. The zero-order valence-corrected chi connectivity index (χ0v) is 13.3. The summed E-state index contributed by atoms with van der Waals surface area (Å²) in [6.45, 7) is 4.35. The summed E-state index contributed by atoms with van der Waals surface area (Å²) in [5.41, 5.74) is 4.09. The standard InChI is InChI=1S/C18H23NS/c1-4-18(19-3)16-8-10-17(11-9-16)20-13-15-7-5-6-14(2)12-15/h5-12,18-19H,4,13H2,1-3H3. The molecule has 0 aromatic heterocycles. The first-order valence-corrected chi connectivity index (χ1v) is 8.17. The van der Waals surface area contributed by atoms with E-state index in [2.05, 4.69) is 67.7 Å². The van der Waals surface area contributed by atoms with Gasteiger partial charge in [0.05, 0.1) is 0 Å². The predicted octanol–water partition coefficient (Wildman–Crippen LogP) is 4.96. The fraction of sp³-hybridized carbons (Fsp3) is 0.333. The van der Waals surface area contributed by atoms with Crippen molar-refractivity contribution in [1.82, 2.24) is 5.32 Å². The van der Waals surface area contributed by atoms with Crippen molar-refractivity contribution in [2.45, 2.75) is 37.0 Å². The molecule has 0 saturated heterocycles. The van der Waals surface area contributed by atoms with E-state index in [4.69, 9.17) is 0 Å². The molecule has 1 nitrogen and oxygen atoms in total. The number of thioether (sulfide) groups is 1. The Kier molecular flexibility index (Phi) is 5.69. The van der Waals surface area contributed by atoms with Gasteiger partial charge in [0, 0.05) is 16.7 Å². The van der Waals surface area contributed by atoms with E-state index in [1.165, 1.54) is 21.6 Å². The Bertz CT molecular complexity index is 529. The second-order valence-corrected chi connectivity index (χ2v) is 6.15. The van der Waals surface area contributed by atoms with E-state index >= 15 is 0 Å². The zero-order valence-electron chi connectivity index (χ0n) is 12.5. The summed E-state index contributed by atoms with van der Waals surface area (Å²) in [6, 6.07) is 18.1. The summed E-state index contributed by atoms with van der Waals surface area (Å²) in [7, 11) is 2.02. The van der Waals surface area contributed by atoms with Gasteiger partial charge in [0.1, 0.15) is 0 Å². The number of benzene rings is 2. The molecule has 20 heavy (non-hydrogen) atoms. The highest BCUT2D eigenvalue weighted by Gasteiger charge is 2.05. The molecule has 0 heterocycles. The van der Waals surface area contributed by atoms with Gasteiger partial charge in [-0.15, -0.1) is 11.8 Å². The molecule has 1 atom stereocenters. The molecule has 2 aromatic carbocycles. The largest absolute Gasteiger partial charge is 0.313 e. The molecular formula is C18H23NS. The Labute approximate surface area is 126 Å². The smallest absolute Gasteiger partial charge is 0.0314 e. The monoisotopic (exact) mass is 285 g/mol. The maximum absolute atomic E-state index is 3.34. The minimum absolute atomic E-state index is 0.464. The molecule has 0 spiro atoms. The van der Waals surface area contributed by atoms with E-state index in [1.807, 2.05) is 18.8 Å². The van der Waals surface area contributed by atoms with E-state index in [0.29, 0.717) is 6.04 Å². The van der Waals surface area contributed by atoms with Gasteiger partial charge in [-0.3, -0.25) is 0 Å². The summed E-state index contributed by atoms with van der Waals surface area (Å²) in [5, 5.41) is 3.34. The van der Waals surface area contributed by atoms with Crippen molar-refractivity contribution in [2.24, 2.45) is 0 Å². The topological polar surface area (TPSA) is 12.0 Å². The van der Waals surface area contributed by atoms with E-state index < -0.39 is 0 Å². The van der Waals surface area contributed by atoms with Gasteiger partial charge in [-0.05, 0) is 43.7 Å². The number of nitrogens with one attached hydrogen (secondary N) is 1. The molecule has 106 valence electrons. The van der Waals surface area contributed by atoms with Crippen LogP contribution in [0, 0.1) is 6.92 Å². The molecule has 0 saturated carbocycles. The van der Waals surface area contributed by atoms with Gasteiger partial charge in [-0.2, -0.15) is 0 Å². The van der Waals surface area contributed by atoms with Gasteiger partial charge in [0.25, 0.3) is 0 Å². The molecule has 1 N–H and O–H groups in total. The van der Waals surface area contributed by atoms with Crippen molar-refractivity contribution in [3.63, 3.8) is 0 Å². The Morgan fingerprint density at radius 2 is 1.85 bits per heavy atom. The Morgan fingerprint density at radius 3 is 2.45 bits per heavy atom. The van der Waals surface area contributed by atoms with Gasteiger partial charge < -0.3 is 5.32 Å². The number of hydrogen-bond acceptors (Lipinski definition) is 2. The van der Waals surface area contributed by atoms with E-state index in [1.54, 1.807) is 0 Å². The van der Waals surface area contributed by atoms with Gasteiger partial charge in [0.2, 0.25) is 0 Å². The molecule has 2 rings (SSSR count). The Hall–Kier alpha value is -1.25. The lowest BCUT2D eigenvalue weighted by Gasteiger charge is -2.14. The third-order valence-electron chi connectivity index (χ3n) is 3.53. The average Bonchev–Trinajstić information content (AvgIpc) is 2.48. The van der Waals surface area contributed by atoms with Crippen LogP contribution >= 0.6 is 11.8 Å². The van der Waals surface area contributed by atoms with Crippen molar-refractivity contribution in [3.05, 3.63) is 65.2 Å². The second kappa shape index (κ2) is 7.51. The van der Waals surface area contributed by atoms with Crippen LogP contribution in [0.15, 0.2) is 53.4 Å². The quantitative estimate of drug-likeness (QED) is 0.753. The van der Waals surface area contributed by atoms with Crippen LogP contribution in [0.5, 0.6) is 0 Å². The van der Waals surface area contributed by atoms with Gasteiger partial charge in [-0.25, -0.2) is 0 Å². The van der Waals surface area contributed by atoms with Crippen LogP contribution in [-0.4, -0.2) is 7.05 Å². The molecule has 0 amide bonds. The van der Waals surface area contributed by atoms with E-state index in [-0.39, 0.29) is 0 Å². The first-order chi connectivity index (χ1) is 9.72. The van der Waals surface area contributed by atoms with Crippen LogP contribution in [0.3, 0.4) is 0 Å². The molecule has 0 aliphatic rings. The second-order valence-electron chi connectivity index (χ2n) is 5.10. The lowest BCUT2D eigenvalue weighted by Crippen LogP contribution is -2.14. The van der Waals surface area contributed by atoms with Crippen molar-refractivity contribution < 1.29 is 0 Å². The lowest BCUT2D eigenvalue weighted by molar-refractivity contribution is 0.576. The highest BCUT2D eigenvalue weighted by Crippen LogP contribution is 2.25. The summed E-state index contributed by atoms with van der Waals surface area (Å²) in [4.78, 5) is 1.33. The van der Waals surface area contributed by atoms with Crippen LogP contribution in [-0.2, 0) is 5.75 Å². The molecule has 0 radical (unpaired) electrons. The third-order valence-corrected chi connectivity index (χ3v) is 4.61. The van der Waals surface area contributed by atoms with Crippen molar-refractivity contribution >= 4 is 11.8 Å². The SMILES string of the molecule is CCC(NC)c1ccc(SCc2cccc(C)c2)cc1. The number of rotatable bonds is 6. The molecule has 1 unspecified atom stereocenters. The summed E-state index contributed by atoms with van der Waals surface area (Å²) in [6.07, 6.45) is 1.12. The van der Waals surface area contributed by atoms with Crippen LogP contribution in [0.2, 0.25) is 0 Å². The van der Waals surface area contributed by atoms with Gasteiger partial charge in [0.15, 0.2) is 0 Å². The third kappa shape index (κ3) is 4.12. The average molecular weight is 285 g/mol. The van der Waals surface area contributed by atoms with Crippen LogP contribution in [0.1, 0.15) is 36.1 Å². The summed E-state index contributed by atoms with van der Waals surface area (Å²) < 4.78 is 0. The first-order valence-electron chi connectivity index (χ1n) is 7.18. The zero-order chi connectivity index (χ0) is 14.4. The van der Waals surface area contributed by atoms with Gasteiger partial charge in [-0.1, -0.05) is 48.9 Å². The molecule has 0 aliphatic carbocycles. The lowest BCUT2D eigenvalue weighted by atomic mass is 10.1. The van der Waals surface area contributed by atoms with Crippen molar-refractivity contribution in [1.29, 1.82) is 0 Å². The molecule has 0 aliphatic heterocycles. The minimum atomic E-state index is 0.464. The summed E-state index contributed by atoms with van der Waals surface area (Å²) >= 11 is 1.90. The van der Waals surface area contributed by atoms with Crippen molar-refractivity contribution in [3.8, 4) is 0 Å². The van der Waals surface area contributed by atoms with Crippen molar-refractivity contribution in [2.75, 3.05) is 7.05 Å². The minimum Gasteiger partial charge on any atom is -0.313 e. The Balaban J connectivity index is 1.97. The highest BCUT2D eigenvalue weighted by atomic mass is 32.2. The molecule has 2 aromatic rings. The molecule has 2 heteroatoms. The normalized spacial score (nSPS) is 12.3. The fourth-order valence-corrected chi connectivity index (χ4v) is 3.21. The molecule has 0 fully saturated rings. The van der Waals surface area contributed by atoms with Crippen LogP contribution in [0.25, 0.3) is 0 Å². The maximum atomic E-state index is 3.34. The van der Waals surface area contributed by atoms with Crippen LogP contribution in [0.4, 0.5) is 0 Å².